The second-order valence-corrected chi connectivity index (χ2v) is 7.39. The highest BCUT2D eigenvalue weighted by atomic mass is 35.5. The van der Waals surface area contributed by atoms with E-state index in [1.807, 2.05) is 18.2 Å². The van der Waals surface area contributed by atoms with Gasteiger partial charge in [-0.2, -0.15) is 15.3 Å². The molecule has 0 aliphatic carbocycles. The number of hydrogen-bond donors (Lipinski definition) is 2. The number of hydrogen-bond acceptors (Lipinski definition) is 7. The van der Waals surface area contributed by atoms with Crippen LogP contribution in [0.15, 0.2) is 60.9 Å². The van der Waals surface area contributed by atoms with Crippen LogP contribution in [0, 0.1) is 18.3 Å². The standard InChI is InChI=1S/C23H19ClN6O2/c1-14-28-19(17-4-2-3-5-18(17)24)9-23(29-14)32-22-8-15(10-25)6-7-20(22)30-13-16(12-27-30)21(31)11-26/h2-9,12-13,21,31H,11,26H2,1H3. The largest absolute Gasteiger partial charge is 0.437 e. The molecule has 4 rings (SSSR count). The van der Waals surface area contributed by atoms with E-state index in [-0.39, 0.29) is 12.4 Å². The molecule has 1 unspecified atom stereocenters. The highest BCUT2D eigenvalue weighted by Gasteiger charge is 2.15. The van der Waals surface area contributed by atoms with E-state index in [0.717, 1.165) is 5.56 Å². The van der Waals surface area contributed by atoms with Gasteiger partial charge in [0.15, 0.2) is 5.75 Å². The van der Waals surface area contributed by atoms with E-state index in [1.165, 1.54) is 6.20 Å². The summed E-state index contributed by atoms with van der Waals surface area (Å²) in [5.74, 6) is 1.16. The van der Waals surface area contributed by atoms with Crippen LogP contribution in [-0.4, -0.2) is 31.4 Å². The van der Waals surface area contributed by atoms with Gasteiger partial charge in [0.2, 0.25) is 5.88 Å². The van der Waals surface area contributed by atoms with Crippen molar-refractivity contribution in [2.75, 3.05) is 6.54 Å². The molecular weight excluding hydrogens is 428 g/mol. The van der Waals surface area contributed by atoms with Crippen molar-refractivity contribution in [2.24, 2.45) is 5.73 Å². The first-order chi connectivity index (χ1) is 15.5. The average Bonchev–Trinajstić information content (AvgIpc) is 3.28. The van der Waals surface area contributed by atoms with Gasteiger partial charge in [-0.1, -0.05) is 29.8 Å². The van der Waals surface area contributed by atoms with Gasteiger partial charge in [-0.05, 0) is 25.1 Å². The van der Waals surface area contributed by atoms with Crippen molar-refractivity contribution in [3.63, 3.8) is 0 Å². The summed E-state index contributed by atoms with van der Waals surface area (Å²) in [6.07, 6.45) is 2.37. The number of halogens is 1. The molecule has 0 bridgehead atoms. The van der Waals surface area contributed by atoms with Crippen LogP contribution in [0.25, 0.3) is 16.9 Å². The maximum absolute atomic E-state index is 9.99. The topological polar surface area (TPSA) is 123 Å². The van der Waals surface area contributed by atoms with Crippen LogP contribution in [0.4, 0.5) is 0 Å². The van der Waals surface area contributed by atoms with Crippen LogP contribution in [0.1, 0.15) is 23.1 Å². The quantitative estimate of drug-likeness (QED) is 0.459. The lowest BCUT2D eigenvalue weighted by atomic mass is 10.1. The summed E-state index contributed by atoms with van der Waals surface area (Å²) in [5, 5.41) is 24.2. The fourth-order valence-electron chi connectivity index (χ4n) is 3.14. The van der Waals surface area contributed by atoms with Gasteiger partial charge in [0.05, 0.1) is 29.6 Å². The average molecular weight is 447 g/mol. The van der Waals surface area contributed by atoms with Crippen LogP contribution in [0.5, 0.6) is 11.6 Å². The Morgan fingerprint density at radius 1 is 1.22 bits per heavy atom. The van der Waals surface area contributed by atoms with Crippen LogP contribution in [-0.2, 0) is 0 Å². The zero-order chi connectivity index (χ0) is 22.7. The van der Waals surface area contributed by atoms with Crippen molar-refractivity contribution in [1.82, 2.24) is 19.7 Å². The fourth-order valence-corrected chi connectivity index (χ4v) is 3.38. The lowest BCUT2D eigenvalue weighted by molar-refractivity contribution is 0.186. The lowest BCUT2D eigenvalue weighted by Gasteiger charge is -2.13. The Morgan fingerprint density at radius 2 is 2.03 bits per heavy atom. The highest BCUT2D eigenvalue weighted by molar-refractivity contribution is 6.33. The Hall–Kier alpha value is -3.77. The first-order valence-corrected chi connectivity index (χ1v) is 10.1. The van der Waals surface area contributed by atoms with E-state index in [9.17, 15) is 10.4 Å². The highest BCUT2D eigenvalue weighted by Crippen LogP contribution is 2.32. The number of aliphatic hydroxyl groups is 1. The molecule has 1 atom stereocenters. The van der Waals surface area contributed by atoms with Gasteiger partial charge < -0.3 is 15.6 Å². The van der Waals surface area contributed by atoms with E-state index in [0.29, 0.717) is 39.1 Å². The van der Waals surface area contributed by atoms with Gasteiger partial charge in [0.25, 0.3) is 0 Å². The Morgan fingerprint density at radius 3 is 2.78 bits per heavy atom. The summed E-state index contributed by atoms with van der Waals surface area (Å²) in [5.41, 5.74) is 8.45. The van der Waals surface area contributed by atoms with E-state index < -0.39 is 6.10 Å². The molecule has 9 heteroatoms. The van der Waals surface area contributed by atoms with Crippen molar-refractivity contribution in [2.45, 2.75) is 13.0 Å². The van der Waals surface area contributed by atoms with Crippen LogP contribution in [0.2, 0.25) is 5.02 Å². The number of nitrogens with zero attached hydrogens (tertiary/aromatic N) is 5. The van der Waals surface area contributed by atoms with Gasteiger partial charge in [-0.15, -0.1) is 0 Å². The van der Waals surface area contributed by atoms with Gasteiger partial charge in [0.1, 0.15) is 11.5 Å². The molecule has 32 heavy (non-hydrogen) atoms. The van der Waals surface area contributed by atoms with Crippen LogP contribution >= 0.6 is 11.6 Å². The molecule has 0 spiro atoms. The number of aliphatic hydroxyl groups excluding tert-OH is 1. The molecule has 0 saturated carbocycles. The fraction of sp³-hybridized carbons (Fsp3) is 0.130. The molecule has 2 aromatic heterocycles. The minimum atomic E-state index is -0.825. The number of benzene rings is 2. The van der Waals surface area contributed by atoms with Crippen molar-refractivity contribution < 1.29 is 9.84 Å². The molecule has 3 N–H and O–H groups in total. The zero-order valence-electron chi connectivity index (χ0n) is 17.1. The number of rotatable bonds is 6. The van der Waals surface area contributed by atoms with E-state index >= 15 is 0 Å². The Bertz CT molecular complexity index is 1310. The monoisotopic (exact) mass is 446 g/mol. The molecule has 0 fully saturated rings. The molecule has 2 heterocycles. The van der Waals surface area contributed by atoms with Crippen molar-refractivity contribution >= 4 is 11.6 Å². The molecule has 2 aromatic carbocycles. The van der Waals surface area contributed by atoms with Crippen molar-refractivity contribution in [3.8, 4) is 34.6 Å². The van der Waals surface area contributed by atoms with Gasteiger partial charge >= 0.3 is 0 Å². The third kappa shape index (κ3) is 4.45. The van der Waals surface area contributed by atoms with E-state index in [1.54, 1.807) is 48.1 Å². The number of nitriles is 1. The molecule has 0 amide bonds. The zero-order valence-corrected chi connectivity index (χ0v) is 17.9. The molecule has 4 aromatic rings. The predicted octanol–water partition coefficient (Wildman–Crippen LogP) is 3.95. The van der Waals surface area contributed by atoms with Gasteiger partial charge in [-0.25, -0.2) is 9.67 Å². The molecule has 0 radical (unpaired) electrons. The molecule has 8 nitrogen and oxygen atoms in total. The first kappa shape index (κ1) is 21.5. The molecular formula is C23H19ClN6O2. The van der Waals surface area contributed by atoms with Crippen LogP contribution in [0.3, 0.4) is 0 Å². The molecule has 0 saturated heterocycles. The number of nitrogens with two attached hydrogens (primary N) is 1. The number of aryl methyl sites for hydroxylation is 1. The summed E-state index contributed by atoms with van der Waals surface area (Å²) < 4.78 is 7.64. The number of aromatic nitrogens is 4. The minimum absolute atomic E-state index is 0.0768. The maximum atomic E-state index is 9.99. The number of ether oxygens (including phenoxy) is 1. The summed E-state index contributed by atoms with van der Waals surface area (Å²) in [4.78, 5) is 8.84. The van der Waals surface area contributed by atoms with Gasteiger partial charge in [0, 0.05) is 41.0 Å². The Labute approximate surface area is 189 Å². The summed E-state index contributed by atoms with van der Waals surface area (Å²) in [7, 11) is 0. The normalized spacial score (nSPS) is 11.7. The molecule has 0 aliphatic rings. The molecule has 0 aliphatic heterocycles. The van der Waals surface area contributed by atoms with E-state index in [4.69, 9.17) is 22.1 Å². The molecule has 160 valence electrons. The lowest BCUT2D eigenvalue weighted by Crippen LogP contribution is -2.10. The SMILES string of the molecule is Cc1nc(Oc2cc(C#N)ccc2-n2cc(C(O)CN)cn2)cc(-c2ccccc2Cl)n1. The summed E-state index contributed by atoms with van der Waals surface area (Å²) in [6, 6.07) is 16.1. The third-order valence-electron chi connectivity index (χ3n) is 4.73. The second kappa shape index (κ2) is 9.16. The smallest absolute Gasteiger partial charge is 0.223 e. The van der Waals surface area contributed by atoms with Crippen LogP contribution < -0.4 is 10.5 Å². The summed E-state index contributed by atoms with van der Waals surface area (Å²) >= 11 is 6.33. The third-order valence-corrected chi connectivity index (χ3v) is 5.05. The maximum Gasteiger partial charge on any atom is 0.223 e. The Balaban J connectivity index is 1.75. The van der Waals surface area contributed by atoms with Crippen molar-refractivity contribution in [1.29, 1.82) is 5.26 Å². The Kier molecular flexibility index (Phi) is 6.14. The first-order valence-electron chi connectivity index (χ1n) is 9.74. The predicted molar refractivity (Wildman–Crippen MR) is 120 cm³/mol. The summed E-state index contributed by atoms with van der Waals surface area (Å²) in [6.45, 7) is 1.83. The van der Waals surface area contributed by atoms with Crippen molar-refractivity contribution in [3.05, 3.63) is 82.9 Å². The van der Waals surface area contributed by atoms with E-state index in [2.05, 4.69) is 21.1 Å². The minimum Gasteiger partial charge on any atom is -0.437 e. The second-order valence-electron chi connectivity index (χ2n) is 6.98. The van der Waals surface area contributed by atoms with Gasteiger partial charge in [-0.3, -0.25) is 0 Å².